The van der Waals surface area contributed by atoms with Crippen LogP contribution < -0.4 is 14.2 Å². The summed E-state index contributed by atoms with van der Waals surface area (Å²) in [5.74, 6) is 2.89. The molecule has 0 saturated carbocycles. The van der Waals surface area contributed by atoms with Crippen molar-refractivity contribution in [1.29, 1.82) is 0 Å². The normalized spacial score (nSPS) is 9.12. The Kier molecular flexibility index (Phi) is 3.78. The maximum atomic E-state index is 11.0. The minimum atomic E-state index is -0.467. The van der Waals surface area contributed by atoms with E-state index >= 15 is 0 Å². The Labute approximate surface area is 94.1 Å². The van der Waals surface area contributed by atoms with Crippen molar-refractivity contribution in [3.8, 4) is 29.6 Å². The highest BCUT2D eigenvalue weighted by Crippen LogP contribution is 2.39. The van der Waals surface area contributed by atoms with Crippen molar-refractivity contribution in [2.45, 2.75) is 6.92 Å². The summed E-state index contributed by atoms with van der Waals surface area (Å²) in [7, 11) is 2.92. The molecule has 0 N–H and O–H groups in total. The molecule has 84 valence electrons. The molecule has 0 aliphatic rings. The van der Waals surface area contributed by atoms with E-state index in [4.69, 9.17) is 20.6 Å². The third kappa shape index (κ3) is 2.26. The molecule has 0 aliphatic carbocycles. The molecule has 4 heteroatoms. The fraction of sp³-hybridized carbons (Fsp3) is 0.250. The molecule has 1 aromatic carbocycles. The molecule has 0 bridgehead atoms. The summed E-state index contributed by atoms with van der Waals surface area (Å²) in [6.07, 6.45) is 5.31. The van der Waals surface area contributed by atoms with Gasteiger partial charge < -0.3 is 14.2 Å². The summed E-state index contributed by atoms with van der Waals surface area (Å²) in [4.78, 5) is 11.0. The second-order valence-corrected chi connectivity index (χ2v) is 2.92. The number of terminal acetylenes is 1. The molecule has 0 amide bonds. The molecule has 0 fully saturated rings. The SMILES string of the molecule is C#Cc1ccc(OC)c(OC(C)=O)c1OC. The number of ether oxygens (including phenoxy) is 3. The Bertz CT molecular complexity index is 443. The van der Waals surface area contributed by atoms with Crippen LogP contribution in [0.3, 0.4) is 0 Å². The van der Waals surface area contributed by atoms with Crippen molar-refractivity contribution in [1.82, 2.24) is 0 Å². The van der Waals surface area contributed by atoms with Gasteiger partial charge in [-0.15, -0.1) is 6.42 Å². The number of carbonyl (C=O) groups is 1. The van der Waals surface area contributed by atoms with Gasteiger partial charge >= 0.3 is 5.97 Å². The van der Waals surface area contributed by atoms with Crippen LogP contribution in [0, 0.1) is 12.3 Å². The second kappa shape index (κ2) is 5.08. The van der Waals surface area contributed by atoms with E-state index in [9.17, 15) is 4.79 Å². The van der Waals surface area contributed by atoms with Gasteiger partial charge in [0, 0.05) is 6.92 Å². The molecule has 1 aromatic rings. The van der Waals surface area contributed by atoms with Gasteiger partial charge in [0.05, 0.1) is 19.8 Å². The summed E-state index contributed by atoms with van der Waals surface area (Å²) in [6.45, 7) is 1.29. The molecular formula is C12H12O4. The zero-order chi connectivity index (χ0) is 12.1. The molecule has 1 rings (SSSR count). The molecule has 0 atom stereocenters. The average molecular weight is 220 g/mol. The quantitative estimate of drug-likeness (QED) is 0.441. The van der Waals surface area contributed by atoms with Crippen LogP contribution in [0.5, 0.6) is 17.2 Å². The van der Waals surface area contributed by atoms with E-state index in [2.05, 4.69) is 5.92 Å². The molecule has 0 heterocycles. The first-order valence-electron chi connectivity index (χ1n) is 4.54. The molecule has 4 nitrogen and oxygen atoms in total. The first-order chi connectivity index (χ1) is 7.63. The van der Waals surface area contributed by atoms with Gasteiger partial charge in [-0.1, -0.05) is 5.92 Å². The standard InChI is InChI=1S/C12H12O4/c1-5-9-6-7-10(14-3)12(11(9)15-4)16-8(2)13/h1,6-7H,2-4H3. The Balaban J connectivity index is 3.37. The maximum absolute atomic E-state index is 11.0. The minimum absolute atomic E-state index is 0.202. The summed E-state index contributed by atoms with van der Waals surface area (Å²) in [5.41, 5.74) is 0.500. The lowest BCUT2D eigenvalue weighted by atomic mass is 10.2. The van der Waals surface area contributed by atoms with Gasteiger partial charge in [-0.05, 0) is 12.1 Å². The van der Waals surface area contributed by atoms with Crippen LogP contribution in [0.15, 0.2) is 12.1 Å². The molecular weight excluding hydrogens is 208 g/mol. The molecule has 16 heavy (non-hydrogen) atoms. The molecule has 0 unspecified atom stereocenters. The van der Waals surface area contributed by atoms with Gasteiger partial charge in [0.1, 0.15) is 0 Å². The first kappa shape index (κ1) is 11.9. The number of rotatable bonds is 3. The third-order valence-electron chi connectivity index (χ3n) is 1.90. The fourth-order valence-corrected chi connectivity index (χ4v) is 1.26. The van der Waals surface area contributed by atoms with Crippen LogP contribution in [-0.4, -0.2) is 20.2 Å². The highest BCUT2D eigenvalue weighted by atomic mass is 16.6. The van der Waals surface area contributed by atoms with Crippen molar-refractivity contribution >= 4 is 5.97 Å². The van der Waals surface area contributed by atoms with Crippen molar-refractivity contribution in [3.05, 3.63) is 17.7 Å². The molecule has 0 radical (unpaired) electrons. The predicted molar refractivity (Wildman–Crippen MR) is 58.8 cm³/mol. The monoisotopic (exact) mass is 220 g/mol. The van der Waals surface area contributed by atoms with Crippen LogP contribution in [0.2, 0.25) is 0 Å². The zero-order valence-electron chi connectivity index (χ0n) is 9.37. The third-order valence-corrected chi connectivity index (χ3v) is 1.90. The van der Waals surface area contributed by atoms with E-state index in [1.807, 2.05) is 0 Å². The highest BCUT2D eigenvalue weighted by molar-refractivity contribution is 5.73. The lowest BCUT2D eigenvalue weighted by Gasteiger charge is -2.13. The Morgan fingerprint density at radius 2 is 1.94 bits per heavy atom. The van der Waals surface area contributed by atoms with Crippen LogP contribution in [0.4, 0.5) is 0 Å². The largest absolute Gasteiger partial charge is 0.493 e. The lowest BCUT2D eigenvalue weighted by molar-refractivity contribution is -0.132. The van der Waals surface area contributed by atoms with Crippen molar-refractivity contribution in [2.75, 3.05) is 14.2 Å². The summed E-state index contributed by atoms with van der Waals surface area (Å²) < 4.78 is 15.2. The Morgan fingerprint density at radius 1 is 1.25 bits per heavy atom. The molecule has 0 saturated heterocycles. The molecule has 0 aromatic heterocycles. The number of methoxy groups -OCH3 is 2. The predicted octanol–water partition coefficient (Wildman–Crippen LogP) is 1.61. The van der Waals surface area contributed by atoms with Gasteiger partial charge in [0.2, 0.25) is 5.75 Å². The lowest BCUT2D eigenvalue weighted by Crippen LogP contribution is -2.05. The summed E-state index contributed by atoms with van der Waals surface area (Å²) in [5, 5.41) is 0. The number of hydrogen-bond acceptors (Lipinski definition) is 4. The molecule has 0 aliphatic heterocycles. The van der Waals surface area contributed by atoms with Gasteiger partial charge in [0.25, 0.3) is 0 Å². The Hall–Kier alpha value is -2.15. The van der Waals surface area contributed by atoms with Crippen LogP contribution in [-0.2, 0) is 4.79 Å². The average Bonchev–Trinajstić information content (AvgIpc) is 2.27. The first-order valence-corrected chi connectivity index (χ1v) is 4.54. The number of hydrogen-bond donors (Lipinski definition) is 0. The zero-order valence-corrected chi connectivity index (χ0v) is 9.37. The highest BCUT2D eigenvalue weighted by Gasteiger charge is 2.17. The summed E-state index contributed by atoms with van der Waals surface area (Å²) >= 11 is 0. The topological polar surface area (TPSA) is 44.8 Å². The maximum Gasteiger partial charge on any atom is 0.308 e. The van der Waals surface area contributed by atoms with Crippen LogP contribution >= 0.6 is 0 Å². The van der Waals surface area contributed by atoms with E-state index in [-0.39, 0.29) is 5.75 Å². The van der Waals surface area contributed by atoms with Gasteiger partial charge in [-0.3, -0.25) is 4.79 Å². The fourth-order valence-electron chi connectivity index (χ4n) is 1.26. The summed E-state index contributed by atoms with van der Waals surface area (Å²) in [6, 6.07) is 3.28. The van der Waals surface area contributed by atoms with Crippen molar-refractivity contribution < 1.29 is 19.0 Å². The van der Waals surface area contributed by atoms with Gasteiger partial charge in [0.15, 0.2) is 11.5 Å². The van der Waals surface area contributed by atoms with Gasteiger partial charge in [-0.25, -0.2) is 0 Å². The van der Waals surface area contributed by atoms with E-state index in [0.29, 0.717) is 17.1 Å². The van der Waals surface area contributed by atoms with E-state index in [1.54, 1.807) is 12.1 Å². The molecule has 0 spiro atoms. The van der Waals surface area contributed by atoms with Crippen molar-refractivity contribution in [3.63, 3.8) is 0 Å². The number of carbonyl (C=O) groups excluding carboxylic acids is 1. The van der Waals surface area contributed by atoms with Crippen LogP contribution in [0.1, 0.15) is 12.5 Å². The van der Waals surface area contributed by atoms with E-state index in [1.165, 1.54) is 21.1 Å². The van der Waals surface area contributed by atoms with Crippen LogP contribution in [0.25, 0.3) is 0 Å². The number of benzene rings is 1. The minimum Gasteiger partial charge on any atom is -0.493 e. The Morgan fingerprint density at radius 3 is 2.38 bits per heavy atom. The second-order valence-electron chi connectivity index (χ2n) is 2.92. The van der Waals surface area contributed by atoms with Gasteiger partial charge in [-0.2, -0.15) is 0 Å². The smallest absolute Gasteiger partial charge is 0.308 e. The van der Waals surface area contributed by atoms with E-state index < -0.39 is 5.97 Å². The number of esters is 1. The van der Waals surface area contributed by atoms with Crippen molar-refractivity contribution in [2.24, 2.45) is 0 Å². The van der Waals surface area contributed by atoms with E-state index in [0.717, 1.165) is 0 Å².